The molecular weight excluding hydrogens is 949 g/mol. The van der Waals surface area contributed by atoms with Gasteiger partial charge in [-0.3, -0.25) is 40.4 Å². The number of hydrogen-bond donors (Lipinski definition) is 8. The van der Waals surface area contributed by atoms with Gasteiger partial charge >= 0.3 is 24.0 Å². The van der Waals surface area contributed by atoms with E-state index in [2.05, 4.69) is 31.2 Å². The van der Waals surface area contributed by atoms with Crippen LogP contribution in [-0.4, -0.2) is 104 Å². The fourth-order valence-electron chi connectivity index (χ4n) is 8.95. The highest BCUT2D eigenvalue weighted by molar-refractivity contribution is 6.05. The van der Waals surface area contributed by atoms with Crippen molar-refractivity contribution >= 4 is 69.4 Å². The Balaban J connectivity index is 0.801. The zero-order valence-corrected chi connectivity index (χ0v) is 41.2. The Morgan fingerprint density at radius 3 is 1.38 bits per heavy atom. The minimum Gasteiger partial charge on any atom is -0.443 e. The third kappa shape index (κ3) is 12.5. The molecule has 4 unspecified atom stereocenters. The zero-order chi connectivity index (χ0) is 52.8. The number of carbonyl (C=O) groups is 8. The molecule has 0 bridgehead atoms. The standard InChI is InChI=1S/C54H58N10O10/c1-29(2)59-49(67)35-9-5-7-33(17-35)27-63-51(69)43(61-53(63)71)21-31-11-13-41-39(19-31)37(25-57-41)23-45(55)73-47(65)15-16-48(66)74-46(56)24-38-26-58-42-14-12-32(20-40(38)42)22-44-52(70)64(54(72)62-44)28-34-8-6-10-36(18-34)50(68)60-30(3)4/h5-20,25-26,29-30,43-46,57-58H,21-24,27-28,55-56H2,1-4H3,(H,59,67)(H,60,68)(H,61,71)(H,62,72)/b16-15-. The van der Waals surface area contributed by atoms with E-state index in [4.69, 9.17) is 20.9 Å². The fraction of sp³-hybridized carbons (Fsp3) is 0.296. The molecule has 2 aliphatic rings. The lowest BCUT2D eigenvalue weighted by Crippen LogP contribution is -2.32. The highest BCUT2D eigenvalue weighted by Gasteiger charge is 2.39. The van der Waals surface area contributed by atoms with Crippen LogP contribution in [0.1, 0.15) is 81.8 Å². The summed E-state index contributed by atoms with van der Waals surface area (Å²) in [5, 5.41) is 12.7. The fourth-order valence-corrected chi connectivity index (χ4v) is 8.95. The van der Waals surface area contributed by atoms with Crippen molar-refractivity contribution in [2.24, 2.45) is 11.5 Å². The molecule has 2 fully saturated rings. The van der Waals surface area contributed by atoms with E-state index in [-0.39, 0.29) is 62.7 Å². The van der Waals surface area contributed by atoms with Crippen LogP contribution in [0.5, 0.6) is 0 Å². The molecule has 2 saturated heterocycles. The molecule has 2 aliphatic heterocycles. The lowest BCUT2D eigenvalue weighted by atomic mass is 10.0. The van der Waals surface area contributed by atoms with Crippen LogP contribution in [0, 0.1) is 0 Å². The van der Waals surface area contributed by atoms with Crippen LogP contribution < -0.4 is 32.7 Å². The van der Waals surface area contributed by atoms with Crippen LogP contribution in [0.4, 0.5) is 9.59 Å². The summed E-state index contributed by atoms with van der Waals surface area (Å²) < 4.78 is 10.7. The van der Waals surface area contributed by atoms with Gasteiger partial charge in [0.05, 0.1) is 13.1 Å². The summed E-state index contributed by atoms with van der Waals surface area (Å²) in [7, 11) is 0. The number of rotatable bonds is 20. The van der Waals surface area contributed by atoms with Crippen molar-refractivity contribution in [1.82, 2.24) is 41.0 Å². The van der Waals surface area contributed by atoms with Crippen molar-refractivity contribution in [3.8, 4) is 0 Å². The van der Waals surface area contributed by atoms with E-state index in [1.807, 2.05) is 64.1 Å². The van der Waals surface area contributed by atoms with Crippen LogP contribution in [0.2, 0.25) is 0 Å². The summed E-state index contributed by atoms with van der Waals surface area (Å²) >= 11 is 0. The van der Waals surface area contributed by atoms with Gasteiger partial charge in [-0.15, -0.1) is 0 Å². The van der Waals surface area contributed by atoms with Gasteiger partial charge in [0.2, 0.25) is 0 Å². The highest BCUT2D eigenvalue weighted by atomic mass is 16.6. The van der Waals surface area contributed by atoms with Crippen LogP contribution in [-0.2, 0) is 67.4 Å². The average molecular weight is 1010 g/mol. The number of nitrogens with one attached hydrogen (secondary N) is 6. The van der Waals surface area contributed by atoms with E-state index in [0.717, 1.165) is 66.0 Å². The quantitative estimate of drug-likeness (QED) is 0.0231. The monoisotopic (exact) mass is 1010 g/mol. The first-order chi connectivity index (χ1) is 35.4. The Labute approximate surface area is 425 Å². The number of carbonyl (C=O) groups excluding carboxylic acids is 8. The highest BCUT2D eigenvalue weighted by Crippen LogP contribution is 2.26. The van der Waals surface area contributed by atoms with Gasteiger partial charge in [-0.05, 0) is 110 Å². The number of H-pyrrole nitrogens is 2. The molecule has 0 radical (unpaired) electrons. The molecule has 0 aliphatic carbocycles. The van der Waals surface area contributed by atoms with Gasteiger partial charge < -0.3 is 40.7 Å². The molecule has 2 aromatic heterocycles. The molecule has 10 N–H and O–H groups in total. The third-order valence-electron chi connectivity index (χ3n) is 12.4. The normalized spacial score (nSPS) is 16.6. The number of esters is 2. The number of aromatic nitrogens is 2. The lowest BCUT2D eigenvalue weighted by molar-refractivity contribution is -0.145. The number of amides is 8. The first kappa shape index (κ1) is 51.7. The van der Waals surface area contributed by atoms with Gasteiger partial charge in [-0.2, -0.15) is 0 Å². The van der Waals surface area contributed by atoms with Gasteiger partial charge in [-0.25, -0.2) is 19.2 Å². The van der Waals surface area contributed by atoms with Crippen molar-refractivity contribution in [3.63, 3.8) is 0 Å². The number of ether oxygens (including phenoxy) is 2. The summed E-state index contributed by atoms with van der Waals surface area (Å²) in [6, 6.07) is 21.9. The summed E-state index contributed by atoms with van der Waals surface area (Å²) in [6.07, 6.45) is 3.67. The Kier molecular flexibility index (Phi) is 15.7. The Bertz CT molecular complexity index is 2980. The van der Waals surface area contributed by atoms with Gasteiger partial charge in [0.15, 0.2) is 12.5 Å². The van der Waals surface area contributed by atoms with Gasteiger partial charge in [0, 0.05) is 95.2 Å². The first-order valence-corrected chi connectivity index (χ1v) is 24.2. The molecule has 74 heavy (non-hydrogen) atoms. The molecule has 384 valence electrons. The Hall–Kier alpha value is -8.62. The van der Waals surface area contributed by atoms with Gasteiger partial charge in [0.25, 0.3) is 23.6 Å². The number of nitrogens with zero attached hydrogens (tertiary/aromatic N) is 2. The van der Waals surface area contributed by atoms with E-state index in [1.54, 1.807) is 60.9 Å². The molecule has 4 atom stereocenters. The van der Waals surface area contributed by atoms with Crippen LogP contribution in [0.3, 0.4) is 0 Å². The minimum atomic E-state index is -1.10. The van der Waals surface area contributed by atoms with E-state index >= 15 is 0 Å². The molecule has 4 aromatic carbocycles. The largest absolute Gasteiger partial charge is 0.443 e. The first-order valence-electron chi connectivity index (χ1n) is 24.2. The molecule has 8 rings (SSSR count). The number of imide groups is 2. The van der Waals surface area contributed by atoms with Crippen molar-refractivity contribution in [1.29, 1.82) is 0 Å². The number of urea groups is 2. The number of hydrogen-bond acceptors (Lipinski definition) is 12. The second kappa shape index (κ2) is 22.4. The van der Waals surface area contributed by atoms with Gasteiger partial charge in [-0.1, -0.05) is 36.4 Å². The molecule has 20 nitrogen and oxygen atoms in total. The predicted molar refractivity (Wildman–Crippen MR) is 273 cm³/mol. The van der Waals surface area contributed by atoms with E-state index < -0.39 is 60.4 Å². The van der Waals surface area contributed by atoms with Crippen molar-refractivity contribution in [2.75, 3.05) is 0 Å². The maximum Gasteiger partial charge on any atom is 0.332 e. The number of nitrogens with two attached hydrogens (primary N) is 2. The predicted octanol–water partition coefficient (Wildman–Crippen LogP) is 4.25. The van der Waals surface area contributed by atoms with E-state index in [0.29, 0.717) is 22.3 Å². The molecular formula is C54H58N10O10. The number of aromatic amines is 2. The average Bonchev–Trinajstić information content (AvgIpc) is 4.08. The van der Waals surface area contributed by atoms with E-state index in [9.17, 15) is 38.4 Å². The molecule has 6 aromatic rings. The molecule has 0 spiro atoms. The van der Waals surface area contributed by atoms with Gasteiger partial charge in [0.1, 0.15) is 12.1 Å². The molecule has 20 heteroatoms. The number of fused-ring (bicyclic) bond motifs is 2. The summed E-state index contributed by atoms with van der Waals surface area (Å²) in [5.41, 5.74) is 19.1. The number of benzene rings is 4. The van der Waals surface area contributed by atoms with Crippen LogP contribution >= 0.6 is 0 Å². The smallest absolute Gasteiger partial charge is 0.332 e. The zero-order valence-electron chi connectivity index (χ0n) is 41.2. The Morgan fingerprint density at radius 1 is 0.581 bits per heavy atom. The summed E-state index contributed by atoms with van der Waals surface area (Å²) in [6.45, 7) is 7.43. The second-order valence-electron chi connectivity index (χ2n) is 19.0. The maximum absolute atomic E-state index is 13.4. The SMILES string of the molecule is CC(C)NC(=O)c1cccc(CN2C(=O)NC(Cc3ccc4[nH]cc(CC(N)OC(=O)/C=C\C(=O)OC(N)Cc5c[nH]c6ccc(CC7NC(=O)N(Cc8cccc(C(=O)NC(C)C)c8)C7=O)cc56)c4c3)C2=O)c1. The van der Waals surface area contributed by atoms with Crippen molar-refractivity contribution < 1.29 is 47.8 Å². The molecule has 0 saturated carbocycles. The second-order valence-corrected chi connectivity index (χ2v) is 19.0. The third-order valence-corrected chi connectivity index (χ3v) is 12.4. The van der Waals surface area contributed by atoms with Crippen molar-refractivity contribution in [2.45, 2.75) is 103 Å². The van der Waals surface area contributed by atoms with E-state index in [1.165, 1.54) is 0 Å². The van der Waals surface area contributed by atoms with Crippen molar-refractivity contribution in [3.05, 3.63) is 154 Å². The molecule has 4 heterocycles. The minimum absolute atomic E-state index is 0.000516. The Morgan fingerprint density at radius 2 is 0.986 bits per heavy atom. The van der Waals surface area contributed by atoms with Crippen LogP contribution in [0.25, 0.3) is 21.8 Å². The lowest BCUT2D eigenvalue weighted by Gasteiger charge is -2.15. The molecule has 8 amide bonds. The summed E-state index contributed by atoms with van der Waals surface area (Å²) in [5.74, 6) is -3.07. The van der Waals surface area contributed by atoms with Crippen LogP contribution in [0.15, 0.2) is 109 Å². The topological polar surface area (TPSA) is 293 Å². The summed E-state index contributed by atoms with van der Waals surface area (Å²) in [4.78, 5) is 112. The maximum atomic E-state index is 13.4.